The lowest BCUT2D eigenvalue weighted by Crippen LogP contribution is -2.36. The van der Waals surface area contributed by atoms with Gasteiger partial charge in [-0.25, -0.2) is 0 Å². The summed E-state index contributed by atoms with van der Waals surface area (Å²) in [6.45, 7) is 0.310. The first kappa shape index (κ1) is 21.8. The van der Waals surface area contributed by atoms with Crippen molar-refractivity contribution in [3.63, 3.8) is 0 Å². The van der Waals surface area contributed by atoms with E-state index >= 15 is 0 Å². The number of methoxy groups -OCH3 is 1. The molecule has 3 aliphatic rings. The van der Waals surface area contributed by atoms with Crippen molar-refractivity contribution in [1.29, 1.82) is 0 Å². The molecular weight excluding hydrogens is 438 g/mol. The van der Waals surface area contributed by atoms with E-state index in [1.807, 2.05) is 42.5 Å². The van der Waals surface area contributed by atoms with Crippen molar-refractivity contribution < 1.29 is 19.1 Å². The molecule has 1 aliphatic heterocycles. The van der Waals surface area contributed by atoms with Gasteiger partial charge in [-0.15, -0.1) is 0 Å². The van der Waals surface area contributed by atoms with Crippen molar-refractivity contribution in [2.24, 2.45) is 0 Å². The SMILES string of the molecule is COc1cc(C2C3=C(CCCC3=O)NC3=C2C(=O)CCC3)ccc1OCc1ccccc1Cl. The molecule has 0 unspecified atom stereocenters. The number of halogens is 1. The lowest BCUT2D eigenvalue weighted by molar-refractivity contribution is -0.116. The van der Waals surface area contributed by atoms with E-state index in [-0.39, 0.29) is 17.5 Å². The second-order valence-corrected chi connectivity index (χ2v) is 9.09. The summed E-state index contributed by atoms with van der Waals surface area (Å²) in [5, 5.41) is 4.10. The maximum Gasteiger partial charge on any atom is 0.161 e. The van der Waals surface area contributed by atoms with Gasteiger partial charge >= 0.3 is 0 Å². The summed E-state index contributed by atoms with van der Waals surface area (Å²) in [7, 11) is 1.59. The van der Waals surface area contributed by atoms with Gasteiger partial charge in [0.15, 0.2) is 23.1 Å². The van der Waals surface area contributed by atoms with Gasteiger partial charge in [-0.2, -0.15) is 0 Å². The van der Waals surface area contributed by atoms with Crippen LogP contribution in [-0.2, 0) is 16.2 Å². The number of rotatable bonds is 5. The molecule has 0 spiro atoms. The fraction of sp³-hybridized carbons (Fsp3) is 0.333. The molecule has 0 amide bonds. The molecule has 1 N–H and O–H groups in total. The number of carbonyl (C=O) groups is 2. The van der Waals surface area contributed by atoms with E-state index in [4.69, 9.17) is 21.1 Å². The predicted octanol–water partition coefficient (Wildman–Crippen LogP) is 5.63. The monoisotopic (exact) mass is 463 g/mol. The first-order valence-electron chi connectivity index (χ1n) is 11.4. The second kappa shape index (κ2) is 9.06. The Balaban J connectivity index is 1.52. The normalized spacial score (nSPS) is 18.6. The average Bonchev–Trinajstić information content (AvgIpc) is 2.82. The molecular formula is C27H26ClNO4. The van der Waals surface area contributed by atoms with Crippen molar-refractivity contribution in [2.45, 2.75) is 51.0 Å². The lowest BCUT2D eigenvalue weighted by Gasteiger charge is -2.37. The Morgan fingerprint density at radius 3 is 2.21 bits per heavy atom. The standard InChI is InChI=1S/C27H26ClNO4/c1-32-24-14-16(12-13-23(24)33-15-17-6-2-3-7-18(17)28)25-26-19(8-4-10-21(26)30)29-20-9-5-11-22(31)27(20)25/h2-3,6-7,12-14,25,29H,4-5,8-11,15H2,1H3. The van der Waals surface area contributed by atoms with E-state index in [1.165, 1.54) is 0 Å². The number of dihydropyridines is 1. The van der Waals surface area contributed by atoms with Crippen LogP contribution in [0.2, 0.25) is 5.02 Å². The Hall–Kier alpha value is -3.05. The number of hydrogen-bond acceptors (Lipinski definition) is 5. The zero-order valence-corrected chi connectivity index (χ0v) is 19.3. The summed E-state index contributed by atoms with van der Waals surface area (Å²) >= 11 is 6.26. The number of ketones is 2. The Morgan fingerprint density at radius 2 is 1.58 bits per heavy atom. The molecule has 0 saturated heterocycles. The Bertz CT molecular complexity index is 1150. The minimum absolute atomic E-state index is 0.122. The van der Waals surface area contributed by atoms with Crippen LogP contribution in [0.25, 0.3) is 0 Å². The molecule has 5 rings (SSSR count). The largest absolute Gasteiger partial charge is 0.493 e. The zero-order valence-electron chi connectivity index (χ0n) is 18.6. The van der Waals surface area contributed by atoms with E-state index in [0.717, 1.165) is 59.4 Å². The lowest BCUT2D eigenvalue weighted by atomic mass is 9.71. The molecule has 5 nitrogen and oxygen atoms in total. The first-order chi connectivity index (χ1) is 16.1. The van der Waals surface area contributed by atoms with E-state index in [1.54, 1.807) is 7.11 Å². The van der Waals surface area contributed by atoms with Crippen LogP contribution >= 0.6 is 11.6 Å². The van der Waals surface area contributed by atoms with Gasteiger partial charge < -0.3 is 14.8 Å². The molecule has 1 heterocycles. The number of ether oxygens (including phenoxy) is 2. The van der Waals surface area contributed by atoms with Gasteiger partial charge in [0, 0.05) is 51.9 Å². The number of carbonyl (C=O) groups excluding carboxylic acids is 2. The van der Waals surface area contributed by atoms with Gasteiger partial charge in [-0.1, -0.05) is 35.9 Å². The molecule has 2 aromatic carbocycles. The topological polar surface area (TPSA) is 64.6 Å². The van der Waals surface area contributed by atoms with Crippen LogP contribution in [0.1, 0.15) is 55.6 Å². The third kappa shape index (κ3) is 4.06. The molecule has 0 radical (unpaired) electrons. The van der Waals surface area contributed by atoms with Crippen LogP contribution in [0.5, 0.6) is 11.5 Å². The molecule has 6 heteroatoms. The highest BCUT2D eigenvalue weighted by Crippen LogP contribution is 2.46. The molecule has 0 saturated carbocycles. The summed E-state index contributed by atoms with van der Waals surface area (Å²) in [6.07, 6.45) is 4.38. The van der Waals surface area contributed by atoms with E-state index < -0.39 is 0 Å². The highest BCUT2D eigenvalue weighted by molar-refractivity contribution is 6.31. The van der Waals surface area contributed by atoms with Crippen LogP contribution in [0.4, 0.5) is 0 Å². The van der Waals surface area contributed by atoms with E-state index in [0.29, 0.717) is 36.0 Å². The molecule has 0 fully saturated rings. The maximum absolute atomic E-state index is 13.0. The minimum atomic E-state index is -0.358. The second-order valence-electron chi connectivity index (χ2n) is 8.69. The molecule has 33 heavy (non-hydrogen) atoms. The predicted molar refractivity (Wildman–Crippen MR) is 126 cm³/mol. The average molecular weight is 464 g/mol. The number of allylic oxidation sites excluding steroid dienone is 4. The van der Waals surface area contributed by atoms with Crippen molar-refractivity contribution in [3.8, 4) is 11.5 Å². The van der Waals surface area contributed by atoms with Gasteiger partial charge in [0.25, 0.3) is 0 Å². The van der Waals surface area contributed by atoms with Crippen LogP contribution in [0.3, 0.4) is 0 Å². The van der Waals surface area contributed by atoms with Crippen molar-refractivity contribution in [2.75, 3.05) is 7.11 Å². The van der Waals surface area contributed by atoms with E-state index in [9.17, 15) is 9.59 Å². The number of nitrogens with one attached hydrogen (secondary N) is 1. The molecule has 0 atom stereocenters. The smallest absolute Gasteiger partial charge is 0.161 e. The van der Waals surface area contributed by atoms with Crippen LogP contribution in [0.15, 0.2) is 65.0 Å². The molecule has 0 bridgehead atoms. The van der Waals surface area contributed by atoms with Crippen LogP contribution in [-0.4, -0.2) is 18.7 Å². The first-order valence-corrected chi connectivity index (χ1v) is 11.8. The number of Topliss-reactive ketones (excluding diaryl/α,β-unsaturated/α-hetero) is 2. The third-order valence-corrected chi connectivity index (χ3v) is 7.02. The van der Waals surface area contributed by atoms with Gasteiger partial charge in [0.1, 0.15) is 6.61 Å². The quantitative estimate of drug-likeness (QED) is 0.622. The summed E-state index contributed by atoms with van der Waals surface area (Å²) in [4.78, 5) is 26.0. The molecule has 0 aromatic heterocycles. The summed E-state index contributed by atoms with van der Waals surface area (Å²) in [5.74, 6) is 1.04. The Kier molecular flexibility index (Phi) is 5.98. The van der Waals surface area contributed by atoms with Gasteiger partial charge in [-0.05, 0) is 49.4 Å². The van der Waals surface area contributed by atoms with Crippen LogP contribution in [0, 0.1) is 0 Å². The maximum atomic E-state index is 13.0. The Morgan fingerprint density at radius 1 is 0.909 bits per heavy atom. The molecule has 2 aromatic rings. The summed E-state index contributed by atoms with van der Waals surface area (Å²) in [5.41, 5.74) is 5.19. The van der Waals surface area contributed by atoms with Gasteiger partial charge in [0.2, 0.25) is 0 Å². The highest BCUT2D eigenvalue weighted by Gasteiger charge is 2.40. The number of hydrogen-bond donors (Lipinski definition) is 1. The third-order valence-electron chi connectivity index (χ3n) is 6.65. The fourth-order valence-corrected chi connectivity index (χ4v) is 5.26. The fourth-order valence-electron chi connectivity index (χ4n) is 5.07. The Labute approximate surface area is 198 Å². The van der Waals surface area contributed by atoms with Crippen molar-refractivity contribution in [1.82, 2.24) is 5.32 Å². The zero-order chi connectivity index (χ0) is 22.9. The van der Waals surface area contributed by atoms with Crippen molar-refractivity contribution >= 4 is 23.2 Å². The van der Waals surface area contributed by atoms with Gasteiger partial charge in [0.05, 0.1) is 7.11 Å². The highest BCUT2D eigenvalue weighted by atomic mass is 35.5. The van der Waals surface area contributed by atoms with Crippen LogP contribution < -0.4 is 14.8 Å². The number of benzene rings is 2. The van der Waals surface area contributed by atoms with Gasteiger partial charge in [-0.3, -0.25) is 9.59 Å². The summed E-state index contributed by atoms with van der Waals surface area (Å²) in [6, 6.07) is 13.2. The molecule has 2 aliphatic carbocycles. The minimum Gasteiger partial charge on any atom is -0.493 e. The molecule has 170 valence electrons. The summed E-state index contributed by atoms with van der Waals surface area (Å²) < 4.78 is 11.7. The van der Waals surface area contributed by atoms with Crippen molar-refractivity contribution in [3.05, 3.63) is 81.2 Å². The van der Waals surface area contributed by atoms with E-state index in [2.05, 4.69) is 5.32 Å².